The molecular formula is C82H60N28OS. The first-order valence-corrected chi connectivity index (χ1v) is 35.3. The molecule has 0 saturated heterocycles. The molecule has 0 aliphatic rings. The van der Waals surface area contributed by atoms with E-state index in [1.54, 1.807) is 103 Å². The topological polar surface area (TPSA) is 424 Å². The summed E-state index contributed by atoms with van der Waals surface area (Å²) in [7, 11) is 0. The van der Waals surface area contributed by atoms with E-state index < -0.39 is 0 Å². The molecule has 0 amide bonds. The monoisotopic (exact) mass is 1480 g/mol. The van der Waals surface area contributed by atoms with Crippen LogP contribution in [0.25, 0.3) is 156 Å². The fraction of sp³-hybridized carbons (Fsp3) is 0.0122. The van der Waals surface area contributed by atoms with Crippen molar-refractivity contribution >= 4 is 94.9 Å². The largest absolute Gasteiger partial charge is 0.442 e. The van der Waals surface area contributed by atoms with Gasteiger partial charge >= 0.3 is 0 Å². The van der Waals surface area contributed by atoms with E-state index in [9.17, 15) is 0 Å². The van der Waals surface area contributed by atoms with Crippen molar-refractivity contribution in [3.8, 4) is 101 Å². The number of pyridine rings is 6. The van der Waals surface area contributed by atoms with Crippen LogP contribution in [-0.2, 0) is 0 Å². The normalized spacial score (nSPS) is 10.9. The van der Waals surface area contributed by atoms with Crippen molar-refractivity contribution in [1.29, 1.82) is 0 Å². The van der Waals surface area contributed by atoms with E-state index >= 15 is 0 Å². The van der Waals surface area contributed by atoms with E-state index in [0.29, 0.717) is 68.6 Å². The number of hydrogen-bond donors (Lipinski definition) is 5. The summed E-state index contributed by atoms with van der Waals surface area (Å²) < 4.78 is 8.98. The molecule has 15 aromatic heterocycles. The van der Waals surface area contributed by atoms with Gasteiger partial charge < -0.3 is 33.1 Å². The SMILES string of the molecule is Cc1cn(-c2nc(N)cnc2-c2ccc3ncccc3c2)cn1.Nc1cnc(-c2ccc3ncccc3c2)c(-c2cccnc2)n1.Nc1cnc(-c2ccc3ncccc3c2)c(-c2cnco2)n1.Nc1cnc(-c2ccc3ncccc3c2)c(-c2nncs2)n1.Nc1cnc(-c2ccc3ncccc3c2)c(-n2ccnc2)n1. The van der Waals surface area contributed by atoms with Crippen LogP contribution in [-0.4, -0.2) is 114 Å². The van der Waals surface area contributed by atoms with E-state index in [1.807, 2.05) is 176 Å². The Morgan fingerprint density at radius 1 is 0.330 bits per heavy atom. The second-order valence-electron chi connectivity index (χ2n) is 24.7. The number of aromatic nitrogens is 23. The first-order valence-electron chi connectivity index (χ1n) is 34.4. The first kappa shape index (κ1) is 70.2. The Morgan fingerprint density at radius 3 is 1.14 bits per heavy atom. The Labute approximate surface area is 640 Å². The van der Waals surface area contributed by atoms with Crippen LogP contribution < -0.4 is 28.7 Å². The van der Waals surface area contributed by atoms with Crippen molar-refractivity contribution in [2.24, 2.45) is 0 Å². The lowest BCUT2D eigenvalue weighted by molar-refractivity contribution is 0.570. The van der Waals surface area contributed by atoms with Crippen LogP contribution in [0.15, 0.2) is 292 Å². The predicted octanol–water partition coefficient (Wildman–Crippen LogP) is 14.3. The maximum atomic E-state index is 5.83. The van der Waals surface area contributed by atoms with Gasteiger partial charge in [-0.15, -0.1) is 10.2 Å². The van der Waals surface area contributed by atoms with Gasteiger partial charge in [0.25, 0.3) is 0 Å². The molecule has 10 N–H and O–H groups in total. The van der Waals surface area contributed by atoms with Crippen molar-refractivity contribution in [1.82, 2.24) is 114 Å². The molecule has 20 aromatic rings. The van der Waals surface area contributed by atoms with Gasteiger partial charge in [0.2, 0.25) is 0 Å². The van der Waals surface area contributed by atoms with Crippen LogP contribution >= 0.6 is 11.3 Å². The fourth-order valence-corrected chi connectivity index (χ4v) is 12.6. The highest BCUT2D eigenvalue weighted by Crippen LogP contribution is 2.36. The van der Waals surface area contributed by atoms with Gasteiger partial charge in [-0.1, -0.05) is 72.0 Å². The first-order chi connectivity index (χ1) is 54.9. The van der Waals surface area contributed by atoms with Gasteiger partial charge in [0.15, 0.2) is 28.8 Å². The number of nitrogens with two attached hydrogens (primary N) is 5. The third-order valence-electron chi connectivity index (χ3n) is 17.2. The number of hydrogen-bond acceptors (Lipinski definition) is 28. The summed E-state index contributed by atoms with van der Waals surface area (Å²) in [4.78, 5) is 82.4. The number of aryl methyl sites for hydroxylation is 1. The minimum absolute atomic E-state index is 0.331. The van der Waals surface area contributed by atoms with Crippen molar-refractivity contribution in [2.75, 3.05) is 28.7 Å². The summed E-state index contributed by atoms with van der Waals surface area (Å²) in [5.74, 6) is 3.66. The number of nitrogens with zero attached hydrogens (tertiary/aromatic N) is 23. The second kappa shape index (κ2) is 31.9. The molecule has 0 spiro atoms. The molecule has 15 heterocycles. The van der Waals surface area contributed by atoms with Crippen molar-refractivity contribution < 1.29 is 4.42 Å². The lowest BCUT2D eigenvalue weighted by Gasteiger charge is -2.10. The predicted molar refractivity (Wildman–Crippen MR) is 433 cm³/mol. The maximum Gasteiger partial charge on any atom is 0.181 e. The van der Waals surface area contributed by atoms with Crippen LogP contribution in [0.3, 0.4) is 0 Å². The third kappa shape index (κ3) is 15.7. The number of benzene rings is 5. The molecule has 0 aliphatic heterocycles. The Balaban J connectivity index is 0.000000106. The van der Waals surface area contributed by atoms with Crippen molar-refractivity contribution in [3.05, 3.63) is 293 Å². The summed E-state index contributed by atoms with van der Waals surface area (Å²) in [5.41, 5.74) is 47.5. The minimum atomic E-state index is 0.331. The van der Waals surface area contributed by atoms with Gasteiger partial charge in [-0.25, -0.2) is 54.8 Å². The lowest BCUT2D eigenvalue weighted by atomic mass is 10.0. The Bertz CT molecular complexity index is 6330. The van der Waals surface area contributed by atoms with Crippen LogP contribution in [0, 0.1) is 6.92 Å². The molecule has 0 unspecified atom stereocenters. The van der Waals surface area contributed by atoms with Gasteiger partial charge in [-0.2, -0.15) is 0 Å². The third-order valence-corrected chi connectivity index (χ3v) is 17.9. The van der Waals surface area contributed by atoms with E-state index in [0.717, 1.165) is 122 Å². The van der Waals surface area contributed by atoms with E-state index in [1.165, 1.54) is 23.9 Å². The number of rotatable bonds is 10. The van der Waals surface area contributed by atoms with Gasteiger partial charge in [0, 0.05) is 122 Å². The Kier molecular flexibility index (Phi) is 20.0. The molecule has 20 rings (SSSR count). The highest BCUT2D eigenvalue weighted by Gasteiger charge is 2.20. The number of imidazole rings is 2. The number of oxazole rings is 1. The summed E-state index contributed by atoms with van der Waals surface area (Å²) in [5, 5.41) is 13.9. The van der Waals surface area contributed by atoms with E-state index in [-0.39, 0.29) is 0 Å². The molecular weight excluding hydrogens is 1430 g/mol. The number of nitrogen functional groups attached to an aromatic ring is 5. The molecule has 0 radical (unpaired) electrons. The molecule has 0 bridgehead atoms. The lowest BCUT2D eigenvalue weighted by Crippen LogP contribution is -2.03. The van der Waals surface area contributed by atoms with Crippen LogP contribution in [0.2, 0.25) is 0 Å². The molecule has 112 heavy (non-hydrogen) atoms. The summed E-state index contributed by atoms with van der Waals surface area (Å²) in [6, 6.07) is 53.4. The van der Waals surface area contributed by atoms with Gasteiger partial charge in [-0.05, 0) is 110 Å². The number of anilines is 5. The molecule has 0 atom stereocenters. The van der Waals surface area contributed by atoms with Gasteiger partial charge in [0.05, 0.1) is 87.5 Å². The molecule has 0 aliphatic carbocycles. The van der Waals surface area contributed by atoms with Crippen LogP contribution in [0.1, 0.15) is 5.69 Å². The van der Waals surface area contributed by atoms with Gasteiger partial charge in [-0.3, -0.25) is 49.0 Å². The van der Waals surface area contributed by atoms with Crippen molar-refractivity contribution in [2.45, 2.75) is 6.92 Å². The molecule has 0 saturated carbocycles. The average molecular weight is 1490 g/mol. The highest BCUT2D eigenvalue weighted by molar-refractivity contribution is 7.12. The Morgan fingerprint density at radius 2 is 0.741 bits per heavy atom. The quantitative estimate of drug-likeness (QED) is 0.0849. The van der Waals surface area contributed by atoms with E-state index in [4.69, 9.17) is 33.1 Å². The smallest absolute Gasteiger partial charge is 0.181 e. The van der Waals surface area contributed by atoms with Gasteiger partial charge in [0.1, 0.15) is 75.7 Å². The maximum absolute atomic E-state index is 5.83. The summed E-state index contributed by atoms with van der Waals surface area (Å²) in [6.07, 6.45) is 31.9. The average Bonchev–Trinajstić information content (AvgIpc) is 1.03. The molecule has 540 valence electrons. The summed E-state index contributed by atoms with van der Waals surface area (Å²) >= 11 is 1.40. The standard InChI is InChI=1S/C18H13N5.C17H14N6.C16H12N6.C16H11N5O.C15H10N6S/c19-16-11-22-17(18(23-16)14-4-1-7-20-10-14)13-5-6-15-12(9-13)3-2-8-21-15;1-11-9-23(10-21-11)17-16(20-8-15(18)22-17)13-4-5-14-12(7-13)3-2-6-19-14;17-14-9-20-15(16(21-14)22-7-6-18-10-22)12-3-4-13-11(8-12)2-1-5-19-13;17-14-8-20-15(16(21-14)13-7-18-9-22-13)11-3-4-12-10(6-11)2-1-5-19-12;16-12-7-18-13(14(20-12)15-21-19-8-22-15)10-3-4-11-9(6-10)2-1-5-17-11/h1-11H,(H2,19,23);2-10H,1H3,(H2,18,22);1-10H,(H2,17,21);1-9H,(H2,17,21);1-8H,(H2,16,20). The molecule has 30 heteroatoms. The molecule has 0 fully saturated rings. The van der Waals surface area contributed by atoms with Crippen LogP contribution in [0.5, 0.6) is 0 Å². The second-order valence-corrected chi connectivity index (χ2v) is 25.5. The minimum Gasteiger partial charge on any atom is -0.442 e. The Hall–Kier alpha value is -16.1. The highest BCUT2D eigenvalue weighted by atomic mass is 32.1. The molecule has 29 nitrogen and oxygen atoms in total. The zero-order valence-electron chi connectivity index (χ0n) is 59.1. The van der Waals surface area contributed by atoms with E-state index in [2.05, 4.69) is 117 Å². The zero-order valence-corrected chi connectivity index (χ0v) is 59.9. The van der Waals surface area contributed by atoms with Crippen molar-refractivity contribution in [3.63, 3.8) is 0 Å². The zero-order chi connectivity index (χ0) is 76.3. The molecule has 5 aromatic carbocycles. The fourth-order valence-electron chi connectivity index (χ4n) is 12.1. The summed E-state index contributed by atoms with van der Waals surface area (Å²) in [6.45, 7) is 1.93. The van der Waals surface area contributed by atoms with Crippen LogP contribution in [0.4, 0.5) is 29.1 Å². The number of fused-ring (bicyclic) bond motifs is 5.